The number of hydrazone groups is 1. The number of carbonyl (C=O) groups is 1. The summed E-state index contributed by atoms with van der Waals surface area (Å²) in [5.41, 5.74) is 3.27. The number of amides is 1. The van der Waals surface area contributed by atoms with Crippen LogP contribution in [0.15, 0.2) is 46.7 Å². The number of rotatable bonds is 5. The van der Waals surface area contributed by atoms with E-state index in [1.807, 2.05) is 0 Å². The molecule has 0 aliphatic rings. The average molecular weight is 352 g/mol. The summed E-state index contributed by atoms with van der Waals surface area (Å²) in [7, 11) is 0. The molecule has 2 rings (SSSR count). The summed E-state index contributed by atoms with van der Waals surface area (Å²) >= 11 is 11.9. The lowest BCUT2D eigenvalue weighted by Gasteiger charge is -2.04. The van der Waals surface area contributed by atoms with E-state index in [1.54, 1.807) is 12.1 Å². The molecule has 0 heterocycles. The maximum atomic E-state index is 11.8. The number of benzene rings is 2. The molecule has 0 radical (unpaired) electrons. The van der Waals surface area contributed by atoms with Gasteiger partial charge in [0, 0.05) is 5.56 Å². The van der Waals surface area contributed by atoms with Crippen molar-refractivity contribution in [1.82, 2.24) is 5.43 Å². The van der Waals surface area contributed by atoms with Crippen molar-refractivity contribution in [3.8, 4) is 5.75 Å². The van der Waals surface area contributed by atoms with E-state index in [-0.39, 0.29) is 39.4 Å². The van der Waals surface area contributed by atoms with Gasteiger partial charge in [-0.15, -0.1) is 4.91 Å². The van der Waals surface area contributed by atoms with Crippen LogP contribution >= 0.6 is 23.2 Å². The number of nitroso groups, excluding NO2 is 1. The summed E-state index contributed by atoms with van der Waals surface area (Å²) in [5, 5.41) is 16.2. The summed E-state index contributed by atoms with van der Waals surface area (Å²) in [4.78, 5) is 22.4. The van der Waals surface area contributed by atoms with Gasteiger partial charge in [-0.3, -0.25) is 4.79 Å². The van der Waals surface area contributed by atoms with Gasteiger partial charge in [0.2, 0.25) is 5.91 Å². The Morgan fingerprint density at radius 1 is 1.26 bits per heavy atom. The zero-order valence-corrected chi connectivity index (χ0v) is 13.2. The molecule has 0 unspecified atom stereocenters. The topological polar surface area (TPSA) is 91.1 Å². The molecule has 0 saturated carbocycles. The fraction of sp³-hybridized carbons (Fsp3) is 0.0667. The minimum atomic E-state index is -0.385. The lowest BCUT2D eigenvalue weighted by Crippen LogP contribution is -2.19. The second-order valence-corrected chi connectivity index (χ2v) is 5.31. The lowest BCUT2D eigenvalue weighted by molar-refractivity contribution is -0.120. The second kappa shape index (κ2) is 7.71. The summed E-state index contributed by atoms with van der Waals surface area (Å²) < 4.78 is 0. The molecule has 118 valence electrons. The van der Waals surface area contributed by atoms with Crippen molar-refractivity contribution in [2.24, 2.45) is 10.3 Å². The molecule has 23 heavy (non-hydrogen) atoms. The third kappa shape index (κ3) is 4.51. The molecule has 1 amide bonds. The van der Waals surface area contributed by atoms with Crippen molar-refractivity contribution in [1.29, 1.82) is 0 Å². The van der Waals surface area contributed by atoms with Crippen molar-refractivity contribution in [3.05, 3.63) is 62.5 Å². The Morgan fingerprint density at radius 2 is 2.04 bits per heavy atom. The summed E-state index contributed by atoms with van der Waals surface area (Å²) in [6.45, 7) is 0. The van der Waals surface area contributed by atoms with Gasteiger partial charge in [0.15, 0.2) is 0 Å². The van der Waals surface area contributed by atoms with Crippen LogP contribution in [0, 0.1) is 4.91 Å². The number of aromatic hydroxyl groups is 1. The normalized spacial score (nSPS) is 10.7. The van der Waals surface area contributed by atoms with Gasteiger partial charge in [-0.1, -0.05) is 35.3 Å². The van der Waals surface area contributed by atoms with E-state index >= 15 is 0 Å². The first-order chi connectivity index (χ1) is 11.0. The van der Waals surface area contributed by atoms with E-state index in [4.69, 9.17) is 23.2 Å². The smallest absolute Gasteiger partial charge is 0.244 e. The molecule has 8 heteroatoms. The van der Waals surface area contributed by atoms with Crippen LogP contribution in [0.5, 0.6) is 5.75 Å². The van der Waals surface area contributed by atoms with E-state index in [2.05, 4.69) is 15.7 Å². The number of nitrogens with zero attached hydrogens (tertiary/aromatic N) is 2. The Hall–Kier alpha value is -2.44. The minimum absolute atomic E-state index is 0.0311. The first kappa shape index (κ1) is 16.9. The quantitative estimate of drug-likeness (QED) is 0.487. The Labute approximate surface area is 141 Å². The highest BCUT2D eigenvalue weighted by atomic mass is 35.5. The molecule has 0 aliphatic heterocycles. The third-order valence-electron chi connectivity index (χ3n) is 2.86. The number of nitrogens with one attached hydrogen (secondary N) is 1. The van der Waals surface area contributed by atoms with E-state index in [0.717, 1.165) is 0 Å². The molecule has 2 aromatic rings. The molecule has 0 bridgehead atoms. The van der Waals surface area contributed by atoms with Crippen LogP contribution in [0.3, 0.4) is 0 Å². The van der Waals surface area contributed by atoms with Gasteiger partial charge < -0.3 is 5.11 Å². The third-order valence-corrected chi connectivity index (χ3v) is 3.59. The molecule has 0 aromatic heterocycles. The molecule has 6 nitrogen and oxygen atoms in total. The Kier molecular flexibility index (Phi) is 5.67. The second-order valence-electron chi connectivity index (χ2n) is 4.53. The van der Waals surface area contributed by atoms with Crippen molar-refractivity contribution in [2.45, 2.75) is 6.42 Å². The molecule has 0 aliphatic carbocycles. The standard InChI is InChI=1S/C15H11Cl2N3O3/c16-12-4-5-13(20-23)15(17)11(12)8-18-19-14(22)7-9-2-1-3-10(21)6-9/h1-6,8,21H,7H2,(H,19,22). The van der Waals surface area contributed by atoms with E-state index in [0.29, 0.717) is 5.56 Å². The number of hydrogen-bond acceptors (Lipinski definition) is 5. The maximum Gasteiger partial charge on any atom is 0.244 e. The number of phenolic OH excluding ortho intramolecular Hbond substituents is 1. The van der Waals surface area contributed by atoms with E-state index in [1.165, 1.54) is 30.5 Å². The van der Waals surface area contributed by atoms with Gasteiger partial charge in [0.1, 0.15) is 11.4 Å². The zero-order chi connectivity index (χ0) is 16.8. The van der Waals surface area contributed by atoms with E-state index < -0.39 is 0 Å². The highest BCUT2D eigenvalue weighted by Crippen LogP contribution is 2.32. The van der Waals surface area contributed by atoms with Gasteiger partial charge in [-0.2, -0.15) is 5.10 Å². The van der Waals surface area contributed by atoms with Crippen molar-refractivity contribution in [2.75, 3.05) is 0 Å². The fourth-order valence-electron chi connectivity index (χ4n) is 1.81. The predicted molar refractivity (Wildman–Crippen MR) is 89.5 cm³/mol. The highest BCUT2D eigenvalue weighted by Gasteiger charge is 2.10. The first-order valence-electron chi connectivity index (χ1n) is 6.42. The van der Waals surface area contributed by atoms with Gasteiger partial charge in [0.25, 0.3) is 0 Å². The van der Waals surface area contributed by atoms with Crippen LogP contribution in [-0.2, 0) is 11.2 Å². The Morgan fingerprint density at radius 3 is 2.74 bits per heavy atom. The van der Waals surface area contributed by atoms with Gasteiger partial charge >= 0.3 is 0 Å². The van der Waals surface area contributed by atoms with Gasteiger partial charge in [0.05, 0.1) is 22.7 Å². The van der Waals surface area contributed by atoms with Crippen LogP contribution in [0.1, 0.15) is 11.1 Å². The molecule has 2 N–H and O–H groups in total. The largest absolute Gasteiger partial charge is 0.508 e. The predicted octanol–water partition coefficient (Wildman–Crippen LogP) is 3.79. The fourth-order valence-corrected chi connectivity index (χ4v) is 2.31. The monoisotopic (exact) mass is 351 g/mol. The number of phenols is 1. The summed E-state index contributed by atoms with van der Waals surface area (Å²) in [6.07, 6.45) is 1.28. The van der Waals surface area contributed by atoms with Crippen LogP contribution in [0.25, 0.3) is 0 Å². The molecule has 2 aromatic carbocycles. The van der Waals surface area contributed by atoms with Crippen molar-refractivity contribution < 1.29 is 9.90 Å². The number of hydrogen-bond donors (Lipinski definition) is 2. The van der Waals surface area contributed by atoms with Crippen LogP contribution in [0.4, 0.5) is 5.69 Å². The zero-order valence-electron chi connectivity index (χ0n) is 11.7. The van der Waals surface area contributed by atoms with Gasteiger partial charge in [-0.05, 0) is 35.0 Å². The minimum Gasteiger partial charge on any atom is -0.508 e. The Bertz CT molecular complexity index is 779. The first-order valence-corrected chi connectivity index (χ1v) is 7.18. The average Bonchev–Trinajstić information content (AvgIpc) is 2.50. The molecular formula is C15H11Cl2N3O3. The molecule has 0 saturated heterocycles. The van der Waals surface area contributed by atoms with Crippen LogP contribution in [-0.4, -0.2) is 17.2 Å². The van der Waals surface area contributed by atoms with Crippen LogP contribution in [0.2, 0.25) is 10.0 Å². The van der Waals surface area contributed by atoms with Crippen molar-refractivity contribution >= 4 is 41.0 Å². The maximum absolute atomic E-state index is 11.8. The molecule has 0 atom stereocenters. The molecule has 0 fully saturated rings. The SMILES string of the molecule is O=Nc1ccc(Cl)c(C=NNC(=O)Cc2cccc(O)c2)c1Cl. The lowest BCUT2D eigenvalue weighted by atomic mass is 10.1. The number of carbonyl (C=O) groups excluding carboxylic acids is 1. The Balaban J connectivity index is 2.04. The molecule has 0 spiro atoms. The summed E-state index contributed by atoms with van der Waals surface area (Å²) in [5.74, 6) is -0.306. The highest BCUT2D eigenvalue weighted by molar-refractivity contribution is 6.40. The summed E-state index contributed by atoms with van der Waals surface area (Å²) in [6, 6.07) is 9.18. The van der Waals surface area contributed by atoms with Crippen LogP contribution < -0.4 is 5.43 Å². The van der Waals surface area contributed by atoms with Gasteiger partial charge in [-0.25, -0.2) is 5.43 Å². The van der Waals surface area contributed by atoms with Crippen molar-refractivity contribution in [3.63, 3.8) is 0 Å². The molecular weight excluding hydrogens is 341 g/mol. The number of halogens is 2. The van der Waals surface area contributed by atoms with E-state index in [9.17, 15) is 14.8 Å².